The van der Waals surface area contributed by atoms with Crippen LogP contribution in [0.3, 0.4) is 0 Å². The van der Waals surface area contributed by atoms with E-state index in [0.29, 0.717) is 41.4 Å². The highest BCUT2D eigenvalue weighted by molar-refractivity contribution is 7.91. The maximum absolute atomic E-state index is 13.6. The van der Waals surface area contributed by atoms with Gasteiger partial charge in [-0.3, -0.25) is 9.59 Å². The maximum atomic E-state index is 13.6. The molecule has 0 saturated carbocycles. The highest BCUT2D eigenvalue weighted by Crippen LogP contribution is 2.26. The van der Waals surface area contributed by atoms with Crippen molar-refractivity contribution in [1.82, 2.24) is 5.32 Å². The highest BCUT2D eigenvalue weighted by Gasteiger charge is 2.23. The van der Waals surface area contributed by atoms with Crippen LogP contribution in [0.25, 0.3) is 0 Å². The topological polar surface area (TPSA) is 140 Å². The first-order valence-electron chi connectivity index (χ1n) is 12.4. The number of benzene rings is 3. The molecule has 10 heteroatoms. The molecule has 3 aromatic carbocycles. The summed E-state index contributed by atoms with van der Waals surface area (Å²) in [5.41, 5.74) is 8.86. The molecule has 0 saturated heterocycles. The average molecular weight is 539 g/mol. The second-order valence-electron chi connectivity index (χ2n) is 8.61. The predicted octanol–water partition coefficient (Wildman–Crippen LogP) is 3.77. The number of hydrogen-bond donors (Lipinski definition) is 4. The Kier molecular flexibility index (Phi) is 9.86. The maximum Gasteiger partial charge on any atom is 0.247 e. The van der Waals surface area contributed by atoms with Crippen LogP contribution >= 0.6 is 0 Å². The summed E-state index contributed by atoms with van der Waals surface area (Å²) in [4.78, 5) is 25.2. The molecule has 0 aliphatic carbocycles. The summed E-state index contributed by atoms with van der Waals surface area (Å²) in [5.74, 6) is -0.125. The average Bonchev–Trinajstić information content (AvgIpc) is 2.90. The van der Waals surface area contributed by atoms with Gasteiger partial charge in [0.05, 0.1) is 17.3 Å². The first kappa shape index (κ1) is 28.7. The normalized spacial score (nSPS) is 11.9. The van der Waals surface area contributed by atoms with Gasteiger partial charge in [0, 0.05) is 31.4 Å². The molecular weight excluding hydrogens is 504 g/mol. The smallest absolute Gasteiger partial charge is 0.247 e. The molecular formula is C28H34N4O5S. The molecule has 0 radical (unpaired) electrons. The SMILES string of the molecule is CCOc1cccc(C(Nc2ccc(CN)cc2)C(=O)NCc2cc(NC(C)=O)ccc2S(=O)(=O)CC)c1. The van der Waals surface area contributed by atoms with Crippen LogP contribution in [0.15, 0.2) is 71.6 Å². The Morgan fingerprint density at radius 3 is 2.32 bits per heavy atom. The Bertz CT molecular complexity index is 1370. The van der Waals surface area contributed by atoms with Crippen LogP contribution in [0.2, 0.25) is 0 Å². The summed E-state index contributed by atoms with van der Waals surface area (Å²) >= 11 is 0. The number of carbonyl (C=O) groups is 2. The lowest BCUT2D eigenvalue weighted by atomic mass is 10.0. The van der Waals surface area contributed by atoms with E-state index in [0.717, 1.165) is 5.56 Å². The van der Waals surface area contributed by atoms with Gasteiger partial charge in [-0.15, -0.1) is 0 Å². The van der Waals surface area contributed by atoms with Crippen molar-refractivity contribution in [3.63, 3.8) is 0 Å². The molecule has 0 spiro atoms. The number of amides is 2. The second-order valence-corrected chi connectivity index (χ2v) is 10.9. The van der Waals surface area contributed by atoms with Crippen LogP contribution in [0.4, 0.5) is 11.4 Å². The Labute approximate surface area is 223 Å². The van der Waals surface area contributed by atoms with E-state index < -0.39 is 15.9 Å². The molecule has 0 aliphatic heterocycles. The summed E-state index contributed by atoms with van der Waals surface area (Å²) in [6.45, 7) is 5.63. The molecule has 9 nitrogen and oxygen atoms in total. The third-order valence-electron chi connectivity index (χ3n) is 5.81. The molecule has 2 amide bonds. The van der Waals surface area contributed by atoms with Crippen molar-refractivity contribution in [2.75, 3.05) is 23.0 Å². The van der Waals surface area contributed by atoms with Crippen LogP contribution in [0.5, 0.6) is 5.75 Å². The van der Waals surface area contributed by atoms with Crippen molar-refractivity contribution in [2.45, 2.75) is 44.8 Å². The van der Waals surface area contributed by atoms with Crippen LogP contribution in [0.1, 0.15) is 43.5 Å². The van der Waals surface area contributed by atoms with Gasteiger partial charge in [0.1, 0.15) is 11.8 Å². The van der Waals surface area contributed by atoms with E-state index >= 15 is 0 Å². The largest absolute Gasteiger partial charge is 0.494 e. The first-order valence-corrected chi connectivity index (χ1v) is 14.0. The molecule has 0 bridgehead atoms. The number of anilines is 2. The molecule has 0 heterocycles. The van der Waals surface area contributed by atoms with E-state index in [9.17, 15) is 18.0 Å². The van der Waals surface area contributed by atoms with Crippen molar-refractivity contribution in [3.8, 4) is 5.75 Å². The Hall–Kier alpha value is -3.89. The van der Waals surface area contributed by atoms with Crippen molar-refractivity contribution >= 4 is 33.0 Å². The van der Waals surface area contributed by atoms with Crippen molar-refractivity contribution < 1.29 is 22.7 Å². The van der Waals surface area contributed by atoms with E-state index in [1.165, 1.54) is 19.1 Å². The van der Waals surface area contributed by atoms with Crippen LogP contribution < -0.4 is 26.4 Å². The fraction of sp³-hybridized carbons (Fsp3) is 0.286. The van der Waals surface area contributed by atoms with E-state index in [-0.39, 0.29) is 29.0 Å². The molecule has 202 valence electrons. The van der Waals surface area contributed by atoms with Gasteiger partial charge in [-0.25, -0.2) is 8.42 Å². The summed E-state index contributed by atoms with van der Waals surface area (Å²) in [6.07, 6.45) is 0. The van der Waals surface area contributed by atoms with E-state index in [1.807, 2.05) is 49.4 Å². The zero-order valence-electron chi connectivity index (χ0n) is 21.8. The Morgan fingerprint density at radius 1 is 0.974 bits per heavy atom. The lowest BCUT2D eigenvalue weighted by Gasteiger charge is -2.21. The molecule has 0 aromatic heterocycles. The zero-order valence-corrected chi connectivity index (χ0v) is 22.6. The number of nitrogens with one attached hydrogen (secondary N) is 3. The van der Waals surface area contributed by atoms with Gasteiger partial charge in [-0.2, -0.15) is 0 Å². The van der Waals surface area contributed by atoms with Gasteiger partial charge in [-0.1, -0.05) is 31.2 Å². The van der Waals surface area contributed by atoms with Gasteiger partial charge in [0.15, 0.2) is 9.84 Å². The fourth-order valence-electron chi connectivity index (χ4n) is 3.90. The second kappa shape index (κ2) is 13.1. The summed E-state index contributed by atoms with van der Waals surface area (Å²) in [5, 5.41) is 8.79. The molecule has 3 rings (SSSR count). The summed E-state index contributed by atoms with van der Waals surface area (Å²) in [7, 11) is -3.57. The van der Waals surface area contributed by atoms with Crippen molar-refractivity contribution in [2.24, 2.45) is 5.73 Å². The minimum absolute atomic E-state index is 0.0593. The monoisotopic (exact) mass is 538 g/mol. The van der Waals surface area contributed by atoms with E-state index in [2.05, 4.69) is 16.0 Å². The standard InChI is InChI=1S/C28H34N4O5S/c1-4-37-25-8-6-7-21(16-25)27(32-23-11-9-20(17-29)10-12-23)28(34)30-18-22-15-24(31-19(3)33)13-14-26(22)38(35,36)5-2/h6-16,27,32H,4-5,17-18,29H2,1-3H3,(H,30,34)(H,31,33). The van der Waals surface area contributed by atoms with Crippen LogP contribution in [-0.4, -0.2) is 32.6 Å². The van der Waals surface area contributed by atoms with E-state index in [4.69, 9.17) is 10.5 Å². The Balaban J connectivity index is 1.92. The Morgan fingerprint density at radius 2 is 1.68 bits per heavy atom. The lowest BCUT2D eigenvalue weighted by molar-refractivity contribution is -0.122. The number of carbonyl (C=O) groups excluding carboxylic acids is 2. The van der Waals surface area contributed by atoms with Gasteiger partial charge >= 0.3 is 0 Å². The van der Waals surface area contributed by atoms with Gasteiger partial charge < -0.3 is 26.4 Å². The summed E-state index contributed by atoms with van der Waals surface area (Å²) < 4.78 is 31.0. The van der Waals surface area contributed by atoms with Gasteiger partial charge in [0.25, 0.3) is 0 Å². The molecule has 0 fully saturated rings. The fourth-order valence-corrected chi connectivity index (χ4v) is 5.01. The van der Waals surface area contributed by atoms with Crippen LogP contribution in [0, 0.1) is 0 Å². The van der Waals surface area contributed by atoms with Gasteiger partial charge in [-0.05, 0) is 66.1 Å². The minimum atomic E-state index is -3.57. The van der Waals surface area contributed by atoms with Gasteiger partial charge in [0.2, 0.25) is 11.8 Å². The molecule has 1 unspecified atom stereocenters. The molecule has 38 heavy (non-hydrogen) atoms. The number of ether oxygens (including phenoxy) is 1. The molecule has 3 aromatic rings. The molecule has 0 aliphatic rings. The molecule has 1 atom stereocenters. The molecule has 5 N–H and O–H groups in total. The van der Waals surface area contributed by atoms with Crippen LogP contribution in [-0.2, 0) is 32.5 Å². The first-order chi connectivity index (χ1) is 18.2. The van der Waals surface area contributed by atoms with Crippen molar-refractivity contribution in [1.29, 1.82) is 0 Å². The third-order valence-corrected chi connectivity index (χ3v) is 7.64. The number of hydrogen-bond acceptors (Lipinski definition) is 7. The third kappa shape index (κ3) is 7.56. The number of sulfone groups is 1. The number of rotatable bonds is 12. The minimum Gasteiger partial charge on any atom is -0.494 e. The van der Waals surface area contributed by atoms with Crippen molar-refractivity contribution in [3.05, 3.63) is 83.4 Å². The van der Waals surface area contributed by atoms with E-state index in [1.54, 1.807) is 19.1 Å². The quantitative estimate of drug-likeness (QED) is 0.275. The highest BCUT2D eigenvalue weighted by atomic mass is 32.2. The summed E-state index contributed by atoms with van der Waals surface area (Å²) in [6, 6.07) is 18.4. The zero-order chi connectivity index (χ0) is 27.7. The lowest BCUT2D eigenvalue weighted by Crippen LogP contribution is -2.33. The number of nitrogens with two attached hydrogens (primary N) is 1. The predicted molar refractivity (Wildman–Crippen MR) is 149 cm³/mol.